The van der Waals surface area contributed by atoms with Crippen molar-refractivity contribution >= 4 is 23.2 Å². The number of amides is 1. The molecule has 1 heterocycles. The Kier molecular flexibility index (Phi) is 4.03. The summed E-state index contributed by atoms with van der Waals surface area (Å²) in [5.41, 5.74) is 0.125. The Morgan fingerprint density at radius 2 is 2.38 bits per heavy atom. The Morgan fingerprint density at radius 3 is 2.81 bits per heavy atom. The minimum absolute atomic E-state index is 0.0971. The monoisotopic (exact) mass is 238 g/mol. The molecule has 0 radical (unpaired) electrons. The van der Waals surface area contributed by atoms with Gasteiger partial charge in [0.1, 0.15) is 5.69 Å². The fourth-order valence-electron chi connectivity index (χ4n) is 1.07. The average molecular weight is 238 g/mol. The molecule has 0 spiro atoms. The molecule has 16 heavy (non-hydrogen) atoms. The highest BCUT2D eigenvalue weighted by Crippen LogP contribution is 2.11. The maximum Gasteiger partial charge on any atom is 0.365 e. The first-order valence-corrected chi connectivity index (χ1v) is 5.39. The summed E-state index contributed by atoms with van der Waals surface area (Å²) in [4.78, 5) is 27.5. The molecule has 1 aromatic rings. The van der Waals surface area contributed by atoms with Gasteiger partial charge in [-0.15, -0.1) is 17.8 Å². The van der Waals surface area contributed by atoms with E-state index in [1.54, 1.807) is 6.92 Å². The molecule has 6 heteroatoms. The van der Waals surface area contributed by atoms with Gasteiger partial charge in [0, 0.05) is 11.9 Å². The molecule has 0 bridgehead atoms. The third-order valence-corrected chi connectivity index (χ3v) is 2.69. The SMILES string of the molecule is C#CCN(CC)C(=O)c1csc(C(=O)O)n1. The van der Waals surface area contributed by atoms with Crippen LogP contribution in [0.5, 0.6) is 0 Å². The van der Waals surface area contributed by atoms with Crippen LogP contribution in [0, 0.1) is 12.3 Å². The van der Waals surface area contributed by atoms with Gasteiger partial charge in [0.15, 0.2) is 0 Å². The number of carbonyl (C=O) groups excluding carboxylic acids is 1. The Bertz CT molecular complexity index is 447. The number of thiazole rings is 1. The topological polar surface area (TPSA) is 70.5 Å². The van der Waals surface area contributed by atoms with E-state index in [0.717, 1.165) is 11.3 Å². The van der Waals surface area contributed by atoms with E-state index in [0.29, 0.717) is 6.54 Å². The van der Waals surface area contributed by atoms with Gasteiger partial charge in [-0.05, 0) is 6.92 Å². The van der Waals surface area contributed by atoms with Crippen LogP contribution >= 0.6 is 11.3 Å². The Labute approximate surface area is 96.7 Å². The summed E-state index contributed by atoms with van der Waals surface area (Å²) in [6, 6.07) is 0. The number of carboxylic acid groups (broad SMARTS) is 1. The van der Waals surface area contributed by atoms with Crippen LogP contribution < -0.4 is 0 Å². The van der Waals surface area contributed by atoms with Gasteiger partial charge in [-0.2, -0.15) is 0 Å². The van der Waals surface area contributed by atoms with Gasteiger partial charge < -0.3 is 10.0 Å². The van der Waals surface area contributed by atoms with Crippen molar-refractivity contribution in [3.63, 3.8) is 0 Å². The summed E-state index contributed by atoms with van der Waals surface area (Å²) >= 11 is 0.922. The Morgan fingerprint density at radius 1 is 1.69 bits per heavy atom. The number of hydrogen-bond donors (Lipinski definition) is 1. The smallest absolute Gasteiger partial charge is 0.365 e. The second-order valence-electron chi connectivity index (χ2n) is 2.87. The highest BCUT2D eigenvalue weighted by Gasteiger charge is 2.18. The third kappa shape index (κ3) is 2.58. The predicted molar refractivity (Wildman–Crippen MR) is 59.5 cm³/mol. The quantitative estimate of drug-likeness (QED) is 0.792. The van der Waals surface area contributed by atoms with E-state index in [1.807, 2.05) is 0 Å². The van der Waals surface area contributed by atoms with Gasteiger partial charge >= 0.3 is 5.97 Å². The Balaban J connectivity index is 2.87. The first-order valence-electron chi connectivity index (χ1n) is 4.51. The van der Waals surface area contributed by atoms with Crippen LogP contribution in [0.1, 0.15) is 27.2 Å². The minimum atomic E-state index is -1.14. The second kappa shape index (κ2) is 5.28. The molecular weight excluding hydrogens is 228 g/mol. The van der Waals surface area contributed by atoms with Crippen LogP contribution in [0.25, 0.3) is 0 Å². The summed E-state index contributed by atoms with van der Waals surface area (Å²) in [5.74, 6) is 0.885. The van der Waals surface area contributed by atoms with E-state index in [-0.39, 0.29) is 23.2 Å². The first kappa shape index (κ1) is 12.2. The maximum absolute atomic E-state index is 11.8. The van der Waals surface area contributed by atoms with Crippen molar-refractivity contribution in [2.45, 2.75) is 6.92 Å². The molecule has 0 aliphatic heterocycles. The normalized spacial score (nSPS) is 9.50. The molecule has 1 N–H and O–H groups in total. The van der Waals surface area contributed by atoms with Crippen LogP contribution in [0.2, 0.25) is 0 Å². The molecule has 0 aromatic carbocycles. The number of terminal acetylenes is 1. The molecule has 1 rings (SSSR count). The molecular formula is C10H10N2O3S. The zero-order chi connectivity index (χ0) is 12.1. The van der Waals surface area contributed by atoms with Crippen molar-refractivity contribution in [1.82, 2.24) is 9.88 Å². The van der Waals surface area contributed by atoms with E-state index < -0.39 is 5.97 Å². The summed E-state index contributed by atoms with van der Waals surface area (Å²) < 4.78 is 0. The van der Waals surface area contributed by atoms with Crippen LogP contribution in [0.15, 0.2) is 5.38 Å². The van der Waals surface area contributed by atoms with Crippen molar-refractivity contribution in [1.29, 1.82) is 0 Å². The standard InChI is InChI=1S/C10H10N2O3S/c1-3-5-12(4-2)9(13)7-6-16-8(11-7)10(14)15/h1,6H,4-5H2,2H3,(H,14,15). The zero-order valence-corrected chi connectivity index (χ0v) is 9.45. The van der Waals surface area contributed by atoms with Crippen molar-refractivity contribution in [2.24, 2.45) is 0 Å². The lowest BCUT2D eigenvalue weighted by Gasteiger charge is -2.15. The minimum Gasteiger partial charge on any atom is -0.476 e. The van der Waals surface area contributed by atoms with Gasteiger partial charge in [0.25, 0.3) is 5.91 Å². The third-order valence-electron chi connectivity index (χ3n) is 1.86. The summed E-state index contributed by atoms with van der Waals surface area (Å²) in [6.07, 6.45) is 5.12. The number of hydrogen-bond acceptors (Lipinski definition) is 4. The van der Waals surface area contributed by atoms with Gasteiger partial charge in [0.05, 0.1) is 6.54 Å². The summed E-state index contributed by atoms with van der Waals surface area (Å²) in [7, 11) is 0. The van der Waals surface area contributed by atoms with Gasteiger partial charge in [-0.1, -0.05) is 5.92 Å². The summed E-state index contributed by atoms with van der Waals surface area (Å²) in [5, 5.41) is 9.99. The molecule has 0 saturated carbocycles. The average Bonchev–Trinajstić information content (AvgIpc) is 2.74. The van der Waals surface area contributed by atoms with Gasteiger partial charge in [0.2, 0.25) is 5.01 Å². The van der Waals surface area contributed by atoms with Gasteiger partial charge in [-0.25, -0.2) is 9.78 Å². The van der Waals surface area contributed by atoms with E-state index >= 15 is 0 Å². The molecule has 0 saturated heterocycles. The first-order chi connectivity index (χ1) is 7.60. The maximum atomic E-state index is 11.8. The lowest BCUT2D eigenvalue weighted by Crippen LogP contribution is -2.31. The lowest BCUT2D eigenvalue weighted by molar-refractivity contribution is 0.0696. The van der Waals surface area contributed by atoms with Crippen LogP contribution in [0.3, 0.4) is 0 Å². The summed E-state index contributed by atoms with van der Waals surface area (Å²) in [6.45, 7) is 2.44. The largest absolute Gasteiger partial charge is 0.476 e. The van der Waals surface area contributed by atoms with Crippen LogP contribution in [-0.2, 0) is 0 Å². The van der Waals surface area contributed by atoms with Crippen molar-refractivity contribution < 1.29 is 14.7 Å². The fraction of sp³-hybridized carbons (Fsp3) is 0.300. The molecule has 0 aliphatic rings. The molecule has 1 amide bonds. The number of carbonyl (C=O) groups is 2. The number of nitrogens with zero attached hydrogens (tertiary/aromatic N) is 2. The zero-order valence-electron chi connectivity index (χ0n) is 8.64. The van der Waals surface area contributed by atoms with Crippen molar-refractivity contribution in [2.75, 3.05) is 13.1 Å². The Hall–Kier alpha value is -1.87. The molecule has 0 fully saturated rings. The molecule has 84 valence electrons. The number of aromatic nitrogens is 1. The van der Waals surface area contributed by atoms with E-state index in [1.165, 1.54) is 10.3 Å². The van der Waals surface area contributed by atoms with Crippen molar-refractivity contribution in [3.8, 4) is 12.3 Å². The number of aromatic carboxylic acids is 1. The van der Waals surface area contributed by atoms with E-state index in [9.17, 15) is 9.59 Å². The number of rotatable bonds is 4. The molecule has 0 aliphatic carbocycles. The van der Waals surface area contributed by atoms with Gasteiger partial charge in [-0.3, -0.25) is 4.79 Å². The van der Waals surface area contributed by atoms with E-state index in [2.05, 4.69) is 10.9 Å². The second-order valence-corrected chi connectivity index (χ2v) is 3.72. The van der Waals surface area contributed by atoms with Crippen LogP contribution in [-0.4, -0.2) is 40.0 Å². The lowest BCUT2D eigenvalue weighted by atomic mass is 10.4. The molecule has 5 nitrogen and oxygen atoms in total. The predicted octanol–water partition coefficient (Wildman–Crippen LogP) is 0.937. The number of carboxylic acids is 1. The molecule has 1 aromatic heterocycles. The highest BCUT2D eigenvalue weighted by atomic mass is 32.1. The highest BCUT2D eigenvalue weighted by molar-refractivity contribution is 7.11. The van der Waals surface area contributed by atoms with E-state index in [4.69, 9.17) is 11.5 Å². The molecule has 0 atom stereocenters. The molecule has 0 unspecified atom stereocenters. The van der Waals surface area contributed by atoms with Crippen molar-refractivity contribution in [3.05, 3.63) is 16.1 Å². The fourth-order valence-corrected chi connectivity index (χ4v) is 1.70. The van der Waals surface area contributed by atoms with Crippen LogP contribution in [0.4, 0.5) is 0 Å².